The maximum absolute atomic E-state index is 2.47. The average Bonchev–Trinajstić information content (AvgIpc) is 2.54. The Morgan fingerprint density at radius 2 is 1.14 bits per heavy atom. The van der Waals surface area contributed by atoms with Crippen LogP contribution < -0.4 is 0 Å². The summed E-state index contributed by atoms with van der Waals surface area (Å²) in [5.74, 6) is 1.92. The summed E-state index contributed by atoms with van der Waals surface area (Å²) in [7, 11) is 0. The van der Waals surface area contributed by atoms with Gasteiger partial charge in [0.25, 0.3) is 0 Å². The van der Waals surface area contributed by atoms with E-state index in [0.29, 0.717) is 5.41 Å². The van der Waals surface area contributed by atoms with Crippen LogP contribution in [-0.2, 0) is 0 Å². The standard InChI is InChI=1S/C22H46/c1-7-13-16-20(11-5)21(12-6)22(17-10-4,18-14-8-2)19-15-9-3/h20-21H,7-19H2,1-6H3. The second kappa shape index (κ2) is 13.4. The molecule has 0 heteroatoms. The van der Waals surface area contributed by atoms with Crippen LogP contribution in [0.15, 0.2) is 0 Å². The maximum Gasteiger partial charge on any atom is -0.0267 e. The average molecular weight is 311 g/mol. The maximum atomic E-state index is 2.47. The quantitative estimate of drug-likeness (QED) is 0.285. The van der Waals surface area contributed by atoms with Gasteiger partial charge in [-0.25, -0.2) is 0 Å². The molecule has 0 heterocycles. The van der Waals surface area contributed by atoms with Crippen molar-refractivity contribution >= 4 is 0 Å². The predicted molar refractivity (Wildman–Crippen MR) is 103 cm³/mol. The van der Waals surface area contributed by atoms with E-state index < -0.39 is 0 Å². The molecule has 0 saturated heterocycles. The molecule has 0 nitrogen and oxygen atoms in total. The Labute approximate surface area is 142 Å². The van der Waals surface area contributed by atoms with Crippen LogP contribution in [-0.4, -0.2) is 0 Å². The third-order valence-corrected chi connectivity index (χ3v) is 6.05. The molecule has 0 amide bonds. The number of unbranched alkanes of at least 4 members (excludes halogenated alkanes) is 3. The zero-order chi connectivity index (χ0) is 16.8. The first-order valence-corrected chi connectivity index (χ1v) is 10.7. The molecular formula is C22H46. The van der Waals surface area contributed by atoms with Crippen molar-refractivity contribution in [2.24, 2.45) is 17.3 Å². The SMILES string of the molecule is CCCCC(CC)C(CC)C(CCC)(CCCC)CCCC. The monoisotopic (exact) mass is 310 g/mol. The van der Waals surface area contributed by atoms with Gasteiger partial charge in [-0.15, -0.1) is 0 Å². The van der Waals surface area contributed by atoms with Crippen molar-refractivity contribution < 1.29 is 0 Å². The summed E-state index contributed by atoms with van der Waals surface area (Å²) in [6.07, 6.45) is 18.4. The van der Waals surface area contributed by atoms with E-state index in [1.807, 2.05) is 0 Å². The fourth-order valence-corrected chi connectivity index (χ4v) is 4.91. The van der Waals surface area contributed by atoms with E-state index in [1.165, 1.54) is 83.5 Å². The Morgan fingerprint density at radius 3 is 1.50 bits per heavy atom. The van der Waals surface area contributed by atoms with Crippen LogP contribution in [0.1, 0.15) is 125 Å². The minimum Gasteiger partial charge on any atom is -0.0654 e. The molecule has 0 aromatic carbocycles. The van der Waals surface area contributed by atoms with E-state index in [2.05, 4.69) is 41.5 Å². The van der Waals surface area contributed by atoms with Gasteiger partial charge < -0.3 is 0 Å². The first-order chi connectivity index (χ1) is 10.7. The van der Waals surface area contributed by atoms with Crippen LogP contribution >= 0.6 is 0 Å². The van der Waals surface area contributed by atoms with Crippen LogP contribution in [0.2, 0.25) is 0 Å². The van der Waals surface area contributed by atoms with Crippen molar-refractivity contribution in [1.82, 2.24) is 0 Å². The molecule has 0 aliphatic rings. The molecule has 0 spiro atoms. The van der Waals surface area contributed by atoms with Gasteiger partial charge in [0.15, 0.2) is 0 Å². The van der Waals surface area contributed by atoms with Gasteiger partial charge in [-0.1, -0.05) is 106 Å². The van der Waals surface area contributed by atoms with Gasteiger partial charge in [-0.3, -0.25) is 0 Å². The summed E-state index contributed by atoms with van der Waals surface area (Å²) in [6.45, 7) is 14.4. The van der Waals surface area contributed by atoms with E-state index in [9.17, 15) is 0 Å². The van der Waals surface area contributed by atoms with Gasteiger partial charge in [0.1, 0.15) is 0 Å². The van der Waals surface area contributed by atoms with Crippen LogP contribution in [0.25, 0.3) is 0 Å². The molecule has 0 bridgehead atoms. The van der Waals surface area contributed by atoms with Crippen molar-refractivity contribution in [3.8, 4) is 0 Å². The number of hydrogen-bond donors (Lipinski definition) is 0. The highest BCUT2D eigenvalue weighted by Gasteiger charge is 2.39. The predicted octanol–water partition coefficient (Wildman–Crippen LogP) is 8.40. The molecule has 2 atom stereocenters. The second-order valence-corrected chi connectivity index (χ2v) is 7.64. The van der Waals surface area contributed by atoms with E-state index in [0.717, 1.165) is 11.8 Å². The number of hydrogen-bond acceptors (Lipinski definition) is 0. The summed E-state index contributed by atoms with van der Waals surface area (Å²) in [5.41, 5.74) is 0.643. The lowest BCUT2D eigenvalue weighted by molar-refractivity contribution is 0.0486. The summed E-state index contributed by atoms with van der Waals surface area (Å²) < 4.78 is 0. The molecule has 0 radical (unpaired) electrons. The lowest BCUT2D eigenvalue weighted by Gasteiger charge is -2.45. The van der Waals surface area contributed by atoms with Crippen LogP contribution in [0, 0.1) is 17.3 Å². The van der Waals surface area contributed by atoms with Crippen LogP contribution in [0.3, 0.4) is 0 Å². The lowest BCUT2D eigenvalue weighted by Crippen LogP contribution is -2.35. The van der Waals surface area contributed by atoms with Crippen LogP contribution in [0.4, 0.5) is 0 Å². The fourth-order valence-electron chi connectivity index (χ4n) is 4.91. The molecule has 0 aromatic rings. The molecule has 0 aromatic heterocycles. The summed E-state index contributed by atoms with van der Waals surface area (Å²) in [6, 6.07) is 0. The van der Waals surface area contributed by atoms with Gasteiger partial charge in [-0.2, -0.15) is 0 Å². The largest absolute Gasteiger partial charge is 0.0654 e. The fraction of sp³-hybridized carbons (Fsp3) is 1.00. The van der Waals surface area contributed by atoms with Gasteiger partial charge >= 0.3 is 0 Å². The molecule has 0 saturated carbocycles. The molecular weight excluding hydrogens is 264 g/mol. The second-order valence-electron chi connectivity index (χ2n) is 7.64. The Kier molecular flexibility index (Phi) is 13.4. The van der Waals surface area contributed by atoms with E-state index in [1.54, 1.807) is 0 Å². The van der Waals surface area contributed by atoms with Crippen molar-refractivity contribution in [2.75, 3.05) is 0 Å². The van der Waals surface area contributed by atoms with Gasteiger partial charge in [-0.05, 0) is 36.5 Å². The van der Waals surface area contributed by atoms with Gasteiger partial charge in [0, 0.05) is 0 Å². The summed E-state index contributed by atoms with van der Waals surface area (Å²) in [5, 5.41) is 0. The molecule has 2 unspecified atom stereocenters. The first-order valence-electron chi connectivity index (χ1n) is 10.7. The smallest absolute Gasteiger partial charge is 0.0267 e. The molecule has 0 fully saturated rings. The third-order valence-electron chi connectivity index (χ3n) is 6.05. The van der Waals surface area contributed by atoms with E-state index in [4.69, 9.17) is 0 Å². The first kappa shape index (κ1) is 22.0. The Morgan fingerprint density at radius 1 is 0.591 bits per heavy atom. The van der Waals surface area contributed by atoms with Gasteiger partial charge in [0.2, 0.25) is 0 Å². The Balaban J connectivity index is 5.30. The lowest BCUT2D eigenvalue weighted by atomic mass is 9.60. The molecule has 0 aliphatic heterocycles. The summed E-state index contributed by atoms with van der Waals surface area (Å²) >= 11 is 0. The topological polar surface area (TPSA) is 0 Å². The van der Waals surface area contributed by atoms with E-state index in [-0.39, 0.29) is 0 Å². The molecule has 0 N–H and O–H groups in total. The molecule has 22 heavy (non-hydrogen) atoms. The van der Waals surface area contributed by atoms with Crippen molar-refractivity contribution in [3.63, 3.8) is 0 Å². The number of rotatable bonds is 15. The highest BCUT2D eigenvalue weighted by Crippen LogP contribution is 2.49. The summed E-state index contributed by atoms with van der Waals surface area (Å²) in [4.78, 5) is 0. The highest BCUT2D eigenvalue weighted by atomic mass is 14.4. The normalized spacial score (nSPS) is 15.0. The van der Waals surface area contributed by atoms with Crippen molar-refractivity contribution in [3.05, 3.63) is 0 Å². The highest BCUT2D eigenvalue weighted by molar-refractivity contribution is 4.89. The molecule has 134 valence electrons. The van der Waals surface area contributed by atoms with Crippen molar-refractivity contribution in [2.45, 2.75) is 125 Å². The zero-order valence-corrected chi connectivity index (χ0v) is 16.8. The van der Waals surface area contributed by atoms with Crippen molar-refractivity contribution in [1.29, 1.82) is 0 Å². The Bertz CT molecular complexity index is 222. The Hall–Kier alpha value is 0. The van der Waals surface area contributed by atoms with E-state index >= 15 is 0 Å². The molecule has 0 aliphatic carbocycles. The van der Waals surface area contributed by atoms with Gasteiger partial charge in [0.05, 0.1) is 0 Å². The van der Waals surface area contributed by atoms with Crippen LogP contribution in [0.5, 0.6) is 0 Å². The minimum absolute atomic E-state index is 0.643. The third kappa shape index (κ3) is 7.05. The molecule has 0 rings (SSSR count). The zero-order valence-electron chi connectivity index (χ0n) is 16.8. The minimum atomic E-state index is 0.643.